The Kier molecular flexibility index (Phi) is 4.15. The fourth-order valence-corrected chi connectivity index (χ4v) is 2.31. The summed E-state index contributed by atoms with van der Waals surface area (Å²) in [4.78, 5) is 6.64. The second kappa shape index (κ2) is 5.62. The predicted molar refractivity (Wildman–Crippen MR) is 66.6 cm³/mol. The molecule has 1 unspecified atom stereocenters. The van der Waals surface area contributed by atoms with Gasteiger partial charge in [0.05, 0.1) is 24.7 Å². The van der Waals surface area contributed by atoms with Gasteiger partial charge in [0.2, 0.25) is 0 Å². The Balaban J connectivity index is 2.11. The summed E-state index contributed by atoms with van der Waals surface area (Å²) in [5, 5.41) is 0. The zero-order valence-corrected chi connectivity index (χ0v) is 10.7. The van der Waals surface area contributed by atoms with Crippen LogP contribution in [0, 0.1) is 0 Å². The Hall–Kier alpha value is -0.910. The summed E-state index contributed by atoms with van der Waals surface area (Å²) in [5.41, 5.74) is 7.14. The number of aryl methyl sites for hydroxylation is 1. The molecule has 5 nitrogen and oxygen atoms in total. The van der Waals surface area contributed by atoms with Gasteiger partial charge in [-0.25, -0.2) is 4.98 Å². The Labute approximate surface area is 103 Å². The maximum absolute atomic E-state index is 5.95. The number of imidazole rings is 1. The van der Waals surface area contributed by atoms with Crippen molar-refractivity contribution in [3.05, 3.63) is 18.2 Å². The van der Waals surface area contributed by atoms with Crippen LogP contribution in [0.15, 0.2) is 12.5 Å². The van der Waals surface area contributed by atoms with Crippen LogP contribution < -0.4 is 5.73 Å². The van der Waals surface area contributed by atoms with E-state index in [9.17, 15) is 0 Å². The van der Waals surface area contributed by atoms with Gasteiger partial charge >= 0.3 is 0 Å². The maximum Gasteiger partial charge on any atom is 0.0946 e. The number of aromatic nitrogens is 2. The Morgan fingerprint density at radius 3 is 2.88 bits per heavy atom. The van der Waals surface area contributed by atoms with Crippen LogP contribution in [0.5, 0.6) is 0 Å². The summed E-state index contributed by atoms with van der Waals surface area (Å²) in [6.45, 7) is 2.32. The second-order valence-electron chi connectivity index (χ2n) is 4.64. The highest BCUT2D eigenvalue weighted by molar-refractivity contribution is 5.08. The lowest BCUT2D eigenvalue weighted by molar-refractivity contribution is 0.113. The molecule has 1 atom stereocenters. The van der Waals surface area contributed by atoms with E-state index in [1.54, 1.807) is 7.11 Å². The molecule has 1 aliphatic carbocycles. The SMILES string of the molecule is COCCN(C1CC1)C(CN)c1cncn1C. The molecule has 1 heterocycles. The van der Waals surface area contributed by atoms with Crippen LogP contribution in [0.25, 0.3) is 0 Å². The third-order valence-electron chi connectivity index (χ3n) is 3.39. The molecule has 0 saturated heterocycles. The van der Waals surface area contributed by atoms with Crippen molar-refractivity contribution in [3.63, 3.8) is 0 Å². The maximum atomic E-state index is 5.95. The van der Waals surface area contributed by atoms with Crippen LogP contribution in [0.3, 0.4) is 0 Å². The van der Waals surface area contributed by atoms with Crippen LogP contribution in [-0.2, 0) is 11.8 Å². The van der Waals surface area contributed by atoms with Crippen molar-refractivity contribution in [1.29, 1.82) is 0 Å². The molecule has 17 heavy (non-hydrogen) atoms. The van der Waals surface area contributed by atoms with Gasteiger partial charge in [0.15, 0.2) is 0 Å². The Morgan fingerprint density at radius 1 is 1.65 bits per heavy atom. The first kappa shape index (κ1) is 12.5. The van der Waals surface area contributed by atoms with Gasteiger partial charge in [-0.1, -0.05) is 0 Å². The molecule has 1 aliphatic rings. The first-order valence-corrected chi connectivity index (χ1v) is 6.19. The molecule has 1 aromatic heterocycles. The van der Waals surface area contributed by atoms with E-state index < -0.39 is 0 Å². The van der Waals surface area contributed by atoms with Crippen molar-refractivity contribution in [1.82, 2.24) is 14.5 Å². The standard InChI is InChI=1S/C12H22N4O/c1-15-9-14-8-12(15)11(7-13)16(5-6-17-2)10-3-4-10/h8-11H,3-7,13H2,1-2H3. The number of hydrogen-bond donors (Lipinski definition) is 1. The number of ether oxygens (including phenoxy) is 1. The van der Waals surface area contributed by atoms with Crippen LogP contribution in [-0.4, -0.2) is 47.3 Å². The van der Waals surface area contributed by atoms with E-state index in [0.717, 1.165) is 13.2 Å². The predicted octanol–water partition coefficient (Wildman–Crippen LogP) is 0.531. The van der Waals surface area contributed by atoms with E-state index in [2.05, 4.69) is 14.5 Å². The van der Waals surface area contributed by atoms with Gasteiger partial charge in [-0.05, 0) is 12.8 Å². The van der Waals surface area contributed by atoms with E-state index in [1.807, 2.05) is 19.6 Å². The third-order valence-corrected chi connectivity index (χ3v) is 3.39. The lowest BCUT2D eigenvalue weighted by Gasteiger charge is -2.30. The van der Waals surface area contributed by atoms with Gasteiger partial charge in [0, 0.05) is 39.5 Å². The van der Waals surface area contributed by atoms with Gasteiger partial charge in [-0.3, -0.25) is 4.90 Å². The summed E-state index contributed by atoms with van der Waals surface area (Å²) in [7, 11) is 3.76. The first-order valence-electron chi connectivity index (χ1n) is 6.19. The smallest absolute Gasteiger partial charge is 0.0946 e. The van der Waals surface area contributed by atoms with Crippen molar-refractivity contribution in [2.45, 2.75) is 24.9 Å². The minimum absolute atomic E-state index is 0.255. The Morgan fingerprint density at radius 2 is 2.41 bits per heavy atom. The summed E-state index contributed by atoms with van der Waals surface area (Å²) in [6.07, 6.45) is 6.30. The zero-order chi connectivity index (χ0) is 12.3. The molecule has 5 heteroatoms. The van der Waals surface area contributed by atoms with E-state index in [4.69, 9.17) is 10.5 Å². The summed E-state index contributed by atoms with van der Waals surface area (Å²) in [5.74, 6) is 0. The van der Waals surface area contributed by atoms with Gasteiger partial charge in [-0.2, -0.15) is 0 Å². The Bertz CT molecular complexity index is 348. The molecule has 2 N–H and O–H groups in total. The van der Waals surface area contributed by atoms with Gasteiger partial charge in [0.1, 0.15) is 0 Å². The molecular formula is C12H22N4O. The summed E-state index contributed by atoms with van der Waals surface area (Å²) >= 11 is 0. The molecule has 96 valence electrons. The first-order chi connectivity index (χ1) is 8.27. The fourth-order valence-electron chi connectivity index (χ4n) is 2.31. The van der Waals surface area contributed by atoms with Gasteiger partial charge in [0.25, 0.3) is 0 Å². The highest BCUT2D eigenvalue weighted by atomic mass is 16.5. The molecule has 0 aromatic carbocycles. The number of nitrogens with two attached hydrogens (primary N) is 1. The quantitative estimate of drug-likeness (QED) is 0.753. The molecule has 0 bridgehead atoms. The average molecular weight is 238 g/mol. The van der Waals surface area contributed by atoms with Crippen LogP contribution >= 0.6 is 0 Å². The van der Waals surface area contributed by atoms with Crippen LogP contribution in [0.1, 0.15) is 24.6 Å². The highest BCUT2D eigenvalue weighted by Gasteiger charge is 2.34. The highest BCUT2D eigenvalue weighted by Crippen LogP contribution is 2.33. The van der Waals surface area contributed by atoms with Crippen LogP contribution in [0.2, 0.25) is 0 Å². The normalized spacial score (nSPS) is 17.6. The van der Waals surface area contributed by atoms with Crippen molar-refractivity contribution >= 4 is 0 Å². The zero-order valence-electron chi connectivity index (χ0n) is 10.7. The second-order valence-corrected chi connectivity index (χ2v) is 4.64. The van der Waals surface area contributed by atoms with Crippen molar-refractivity contribution < 1.29 is 4.74 Å². The lowest BCUT2D eigenvalue weighted by atomic mass is 10.1. The number of rotatable bonds is 7. The monoisotopic (exact) mass is 238 g/mol. The average Bonchev–Trinajstić information content (AvgIpc) is 3.08. The van der Waals surface area contributed by atoms with E-state index in [0.29, 0.717) is 12.6 Å². The number of hydrogen-bond acceptors (Lipinski definition) is 4. The molecule has 0 aliphatic heterocycles. The number of nitrogens with zero attached hydrogens (tertiary/aromatic N) is 3. The molecule has 1 saturated carbocycles. The van der Waals surface area contributed by atoms with Crippen molar-refractivity contribution in [2.24, 2.45) is 12.8 Å². The lowest BCUT2D eigenvalue weighted by Crippen LogP contribution is -2.38. The third kappa shape index (κ3) is 2.86. The van der Waals surface area contributed by atoms with E-state index in [-0.39, 0.29) is 6.04 Å². The molecule has 0 amide bonds. The summed E-state index contributed by atoms with van der Waals surface area (Å²) < 4.78 is 7.24. The van der Waals surface area contributed by atoms with Gasteiger partial charge < -0.3 is 15.0 Å². The van der Waals surface area contributed by atoms with E-state index in [1.165, 1.54) is 18.5 Å². The largest absolute Gasteiger partial charge is 0.383 e. The topological polar surface area (TPSA) is 56.3 Å². The van der Waals surface area contributed by atoms with Crippen molar-refractivity contribution in [2.75, 3.05) is 26.8 Å². The molecule has 1 aromatic rings. The fraction of sp³-hybridized carbons (Fsp3) is 0.750. The van der Waals surface area contributed by atoms with E-state index >= 15 is 0 Å². The van der Waals surface area contributed by atoms with Crippen LogP contribution in [0.4, 0.5) is 0 Å². The molecule has 0 radical (unpaired) electrons. The van der Waals surface area contributed by atoms with Gasteiger partial charge in [-0.15, -0.1) is 0 Å². The molecular weight excluding hydrogens is 216 g/mol. The molecule has 0 spiro atoms. The molecule has 2 rings (SSSR count). The minimum Gasteiger partial charge on any atom is -0.383 e. The van der Waals surface area contributed by atoms with Crippen molar-refractivity contribution in [3.8, 4) is 0 Å². The summed E-state index contributed by atoms with van der Waals surface area (Å²) in [6, 6.07) is 0.929. The number of methoxy groups -OCH3 is 1. The molecule has 1 fully saturated rings. The minimum atomic E-state index is 0.255.